The van der Waals surface area contributed by atoms with E-state index in [0.717, 1.165) is 31.8 Å². The highest BCUT2D eigenvalue weighted by Crippen LogP contribution is 2.23. The van der Waals surface area contributed by atoms with Gasteiger partial charge in [-0.05, 0) is 44.9 Å². The van der Waals surface area contributed by atoms with Crippen molar-refractivity contribution in [1.82, 2.24) is 15.1 Å². The van der Waals surface area contributed by atoms with E-state index < -0.39 is 0 Å². The zero-order valence-electron chi connectivity index (χ0n) is 13.5. The van der Waals surface area contributed by atoms with E-state index in [-0.39, 0.29) is 0 Å². The molecule has 1 aromatic heterocycles. The largest absolute Gasteiger partial charge is 0.376 e. The number of nitrogens with one attached hydrogen (secondary N) is 1. The molecule has 1 aromatic carbocycles. The summed E-state index contributed by atoms with van der Waals surface area (Å²) in [4.78, 5) is 0. The Morgan fingerprint density at radius 2 is 2.09 bits per heavy atom. The van der Waals surface area contributed by atoms with Crippen molar-refractivity contribution in [1.29, 1.82) is 0 Å². The molecule has 0 saturated carbocycles. The van der Waals surface area contributed by atoms with Crippen LogP contribution in [-0.2, 0) is 17.8 Å². The van der Waals surface area contributed by atoms with Crippen molar-refractivity contribution in [2.24, 2.45) is 0 Å². The lowest BCUT2D eigenvalue weighted by Crippen LogP contribution is -2.25. The molecule has 0 radical (unpaired) electrons. The highest BCUT2D eigenvalue weighted by atomic mass is 16.5. The van der Waals surface area contributed by atoms with Crippen LogP contribution in [0.25, 0.3) is 11.3 Å². The second-order valence-electron chi connectivity index (χ2n) is 6.09. The number of ether oxygens (including phenoxy) is 1. The molecule has 1 saturated heterocycles. The molecule has 1 atom stereocenters. The van der Waals surface area contributed by atoms with E-state index in [4.69, 9.17) is 9.84 Å². The van der Waals surface area contributed by atoms with E-state index in [1.807, 2.05) is 7.05 Å². The van der Waals surface area contributed by atoms with Crippen LogP contribution in [0.4, 0.5) is 0 Å². The fourth-order valence-electron chi connectivity index (χ4n) is 2.98. The predicted octanol–water partition coefficient (Wildman–Crippen LogP) is 3.15. The van der Waals surface area contributed by atoms with Gasteiger partial charge >= 0.3 is 0 Å². The summed E-state index contributed by atoms with van der Waals surface area (Å²) in [6, 6.07) is 10.8. The molecule has 2 aromatic rings. The number of hydrogen-bond donors (Lipinski definition) is 1. The summed E-state index contributed by atoms with van der Waals surface area (Å²) in [6.07, 6.45) is 3.87. The van der Waals surface area contributed by atoms with E-state index in [2.05, 4.69) is 47.3 Å². The van der Waals surface area contributed by atoms with Crippen LogP contribution in [-0.4, -0.2) is 29.5 Å². The molecule has 1 aliphatic heterocycles. The quantitative estimate of drug-likeness (QED) is 0.922. The second kappa shape index (κ2) is 7.07. The first-order valence-electron chi connectivity index (χ1n) is 8.16. The standard InChI is InChI=1S/C18H25N3O/c1-14-6-8-15(9-7-14)18-11-16(12-19-2)20-21(18)13-17-5-3-4-10-22-17/h6-9,11,17,19H,3-5,10,12-13H2,1-2H3. The van der Waals surface area contributed by atoms with Gasteiger partial charge < -0.3 is 10.1 Å². The molecule has 3 rings (SSSR count). The van der Waals surface area contributed by atoms with Crippen LogP contribution in [0.2, 0.25) is 0 Å². The average Bonchev–Trinajstić information content (AvgIpc) is 2.92. The van der Waals surface area contributed by atoms with Gasteiger partial charge in [-0.2, -0.15) is 5.10 Å². The van der Waals surface area contributed by atoms with E-state index in [0.29, 0.717) is 6.10 Å². The molecule has 2 heterocycles. The molecule has 118 valence electrons. The summed E-state index contributed by atoms with van der Waals surface area (Å²) in [5.74, 6) is 0. The van der Waals surface area contributed by atoms with Crippen LogP contribution in [0.15, 0.2) is 30.3 Å². The van der Waals surface area contributed by atoms with E-state index in [1.165, 1.54) is 29.7 Å². The minimum atomic E-state index is 0.292. The molecule has 1 fully saturated rings. The van der Waals surface area contributed by atoms with Crippen LogP contribution in [0.3, 0.4) is 0 Å². The van der Waals surface area contributed by atoms with Crippen LogP contribution in [0.1, 0.15) is 30.5 Å². The lowest BCUT2D eigenvalue weighted by molar-refractivity contribution is 0.00423. The summed E-state index contributed by atoms with van der Waals surface area (Å²) < 4.78 is 8.00. The molecule has 4 heteroatoms. The maximum Gasteiger partial charge on any atom is 0.0771 e. The summed E-state index contributed by atoms with van der Waals surface area (Å²) >= 11 is 0. The normalized spacial score (nSPS) is 18.5. The highest BCUT2D eigenvalue weighted by molar-refractivity contribution is 5.60. The van der Waals surface area contributed by atoms with Gasteiger partial charge in [0.15, 0.2) is 0 Å². The van der Waals surface area contributed by atoms with Gasteiger partial charge in [-0.3, -0.25) is 4.68 Å². The number of nitrogens with zero attached hydrogens (tertiary/aromatic N) is 2. The molecule has 0 bridgehead atoms. The van der Waals surface area contributed by atoms with Crippen LogP contribution in [0, 0.1) is 6.92 Å². The number of rotatable bonds is 5. The van der Waals surface area contributed by atoms with Crippen molar-refractivity contribution in [3.63, 3.8) is 0 Å². The number of benzene rings is 1. The van der Waals surface area contributed by atoms with Gasteiger partial charge in [0.2, 0.25) is 0 Å². The third-order valence-electron chi connectivity index (χ3n) is 4.19. The first-order valence-corrected chi connectivity index (χ1v) is 8.16. The fraction of sp³-hybridized carbons (Fsp3) is 0.500. The van der Waals surface area contributed by atoms with Crippen molar-refractivity contribution < 1.29 is 4.74 Å². The average molecular weight is 299 g/mol. The van der Waals surface area contributed by atoms with Crippen LogP contribution in [0.5, 0.6) is 0 Å². The second-order valence-corrected chi connectivity index (χ2v) is 6.09. The van der Waals surface area contributed by atoms with E-state index in [9.17, 15) is 0 Å². The SMILES string of the molecule is CNCc1cc(-c2ccc(C)cc2)n(CC2CCCCO2)n1. The van der Waals surface area contributed by atoms with Gasteiger partial charge in [0.05, 0.1) is 24.0 Å². The predicted molar refractivity (Wildman–Crippen MR) is 88.8 cm³/mol. The minimum absolute atomic E-state index is 0.292. The van der Waals surface area contributed by atoms with Gasteiger partial charge in [-0.25, -0.2) is 0 Å². The molecule has 22 heavy (non-hydrogen) atoms. The van der Waals surface area contributed by atoms with Crippen LogP contribution < -0.4 is 5.32 Å². The zero-order chi connectivity index (χ0) is 15.4. The first kappa shape index (κ1) is 15.3. The summed E-state index contributed by atoms with van der Waals surface area (Å²) in [5.41, 5.74) is 4.76. The summed E-state index contributed by atoms with van der Waals surface area (Å²) in [6.45, 7) is 4.63. The fourth-order valence-corrected chi connectivity index (χ4v) is 2.98. The summed E-state index contributed by atoms with van der Waals surface area (Å²) in [5, 5.41) is 7.95. The molecular formula is C18H25N3O. The molecular weight excluding hydrogens is 274 g/mol. The Balaban J connectivity index is 1.87. The topological polar surface area (TPSA) is 39.1 Å². The maximum atomic E-state index is 5.88. The van der Waals surface area contributed by atoms with Gasteiger partial charge in [-0.15, -0.1) is 0 Å². The summed E-state index contributed by atoms with van der Waals surface area (Å²) in [7, 11) is 1.95. The van der Waals surface area contributed by atoms with Crippen molar-refractivity contribution >= 4 is 0 Å². The molecule has 1 aliphatic rings. The molecule has 4 nitrogen and oxygen atoms in total. The van der Waals surface area contributed by atoms with Crippen molar-refractivity contribution in [3.8, 4) is 11.3 Å². The van der Waals surface area contributed by atoms with Crippen molar-refractivity contribution in [2.75, 3.05) is 13.7 Å². The molecule has 1 unspecified atom stereocenters. The molecule has 0 spiro atoms. The lowest BCUT2D eigenvalue weighted by Gasteiger charge is -2.23. The monoisotopic (exact) mass is 299 g/mol. The Hall–Kier alpha value is -1.65. The molecule has 1 N–H and O–H groups in total. The Labute approximate surface area is 132 Å². The van der Waals surface area contributed by atoms with Crippen molar-refractivity contribution in [2.45, 2.75) is 45.4 Å². The van der Waals surface area contributed by atoms with E-state index >= 15 is 0 Å². The van der Waals surface area contributed by atoms with Crippen LogP contribution >= 0.6 is 0 Å². The number of aromatic nitrogens is 2. The highest BCUT2D eigenvalue weighted by Gasteiger charge is 2.18. The lowest BCUT2D eigenvalue weighted by atomic mass is 10.1. The smallest absolute Gasteiger partial charge is 0.0771 e. The zero-order valence-corrected chi connectivity index (χ0v) is 13.5. The Morgan fingerprint density at radius 1 is 1.27 bits per heavy atom. The van der Waals surface area contributed by atoms with Gasteiger partial charge in [-0.1, -0.05) is 29.8 Å². The number of aryl methyl sites for hydroxylation is 1. The third-order valence-corrected chi connectivity index (χ3v) is 4.19. The Morgan fingerprint density at radius 3 is 2.77 bits per heavy atom. The number of hydrogen-bond acceptors (Lipinski definition) is 3. The van der Waals surface area contributed by atoms with Gasteiger partial charge in [0.1, 0.15) is 0 Å². The van der Waals surface area contributed by atoms with E-state index in [1.54, 1.807) is 0 Å². The third kappa shape index (κ3) is 3.57. The molecule has 0 amide bonds. The first-order chi connectivity index (χ1) is 10.8. The Kier molecular flexibility index (Phi) is 4.90. The molecule has 0 aliphatic carbocycles. The van der Waals surface area contributed by atoms with Gasteiger partial charge in [0, 0.05) is 13.2 Å². The minimum Gasteiger partial charge on any atom is -0.376 e. The van der Waals surface area contributed by atoms with Crippen molar-refractivity contribution in [3.05, 3.63) is 41.6 Å². The maximum absolute atomic E-state index is 5.88. The van der Waals surface area contributed by atoms with Gasteiger partial charge in [0.25, 0.3) is 0 Å². The Bertz CT molecular complexity index is 597.